The van der Waals surface area contributed by atoms with Crippen LogP contribution < -0.4 is 10.6 Å². The van der Waals surface area contributed by atoms with Crippen molar-refractivity contribution in [1.82, 2.24) is 10.6 Å². The fourth-order valence-corrected chi connectivity index (χ4v) is 1.55. The summed E-state index contributed by atoms with van der Waals surface area (Å²) in [6, 6.07) is 7.69. The number of carbonyl (C=O) groups excluding carboxylic acids is 1. The number of benzene rings is 1. The third-order valence-corrected chi connectivity index (χ3v) is 2.54. The van der Waals surface area contributed by atoms with Gasteiger partial charge in [0.1, 0.15) is 0 Å². The van der Waals surface area contributed by atoms with Crippen LogP contribution in [0.1, 0.15) is 18.9 Å². The van der Waals surface area contributed by atoms with Gasteiger partial charge in [0.15, 0.2) is 0 Å². The number of halogens is 1. The zero-order valence-electron chi connectivity index (χ0n) is 9.42. The molecular formula is C12H17ClN2O. The molecule has 0 aliphatic rings. The first kappa shape index (κ1) is 13.0. The molecule has 0 saturated carbocycles. The molecule has 2 N–H and O–H groups in total. The maximum atomic E-state index is 11.1. The van der Waals surface area contributed by atoms with Gasteiger partial charge in [0.2, 0.25) is 5.91 Å². The van der Waals surface area contributed by atoms with Crippen LogP contribution in [0.15, 0.2) is 24.3 Å². The fourth-order valence-electron chi connectivity index (χ4n) is 1.35. The van der Waals surface area contributed by atoms with E-state index in [0.29, 0.717) is 26.1 Å². The summed E-state index contributed by atoms with van der Waals surface area (Å²) in [5, 5.41) is 6.69. The second kappa shape index (κ2) is 7.25. The van der Waals surface area contributed by atoms with Gasteiger partial charge in [-0.3, -0.25) is 4.79 Å². The summed E-state index contributed by atoms with van der Waals surface area (Å²) in [5.74, 6) is 0.0779. The van der Waals surface area contributed by atoms with Crippen molar-refractivity contribution in [2.45, 2.75) is 19.9 Å². The van der Waals surface area contributed by atoms with Crippen LogP contribution in [0.4, 0.5) is 0 Å². The van der Waals surface area contributed by atoms with Gasteiger partial charge in [-0.2, -0.15) is 0 Å². The van der Waals surface area contributed by atoms with Crippen LogP contribution in [-0.2, 0) is 11.3 Å². The monoisotopic (exact) mass is 240 g/mol. The minimum absolute atomic E-state index is 0.0779. The molecule has 0 saturated heterocycles. The third kappa shape index (κ3) is 4.64. The van der Waals surface area contributed by atoms with Gasteiger partial charge >= 0.3 is 0 Å². The molecule has 0 spiro atoms. The van der Waals surface area contributed by atoms with Crippen molar-refractivity contribution in [3.8, 4) is 0 Å². The Bertz CT molecular complexity index is 342. The standard InChI is InChI=1S/C12H17ClN2O/c1-2-15-12(16)7-8-14-9-10-5-3-4-6-11(10)13/h3-6,14H,2,7-9H2,1H3,(H,15,16). The smallest absolute Gasteiger partial charge is 0.221 e. The van der Waals surface area contributed by atoms with E-state index in [0.717, 1.165) is 10.6 Å². The summed E-state index contributed by atoms with van der Waals surface area (Å²) in [5.41, 5.74) is 1.06. The number of hydrogen-bond acceptors (Lipinski definition) is 2. The van der Waals surface area contributed by atoms with Gasteiger partial charge < -0.3 is 10.6 Å². The lowest BCUT2D eigenvalue weighted by Gasteiger charge is -2.06. The molecule has 1 aromatic rings. The minimum atomic E-state index is 0.0779. The Labute approximate surface area is 101 Å². The predicted octanol–water partition coefficient (Wildman–Crippen LogP) is 1.96. The second-order valence-electron chi connectivity index (χ2n) is 3.47. The first-order chi connectivity index (χ1) is 7.74. The van der Waals surface area contributed by atoms with Crippen LogP contribution in [0.2, 0.25) is 5.02 Å². The Hall–Kier alpha value is -1.06. The largest absolute Gasteiger partial charge is 0.356 e. The summed E-state index contributed by atoms with van der Waals surface area (Å²) in [6.07, 6.45) is 0.498. The molecule has 0 bridgehead atoms. The zero-order chi connectivity index (χ0) is 11.8. The molecule has 0 aliphatic heterocycles. The topological polar surface area (TPSA) is 41.1 Å². The molecular weight excluding hydrogens is 224 g/mol. The van der Waals surface area contributed by atoms with Crippen molar-refractivity contribution in [2.24, 2.45) is 0 Å². The molecule has 0 aliphatic carbocycles. The van der Waals surface area contributed by atoms with Gasteiger partial charge in [0, 0.05) is 31.1 Å². The molecule has 1 rings (SSSR count). The lowest BCUT2D eigenvalue weighted by atomic mass is 10.2. The van der Waals surface area contributed by atoms with E-state index < -0.39 is 0 Å². The molecule has 3 nitrogen and oxygen atoms in total. The van der Waals surface area contributed by atoms with Crippen LogP contribution in [0.5, 0.6) is 0 Å². The van der Waals surface area contributed by atoms with Crippen molar-refractivity contribution in [2.75, 3.05) is 13.1 Å². The molecule has 0 unspecified atom stereocenters. The van der Waals surface area contributed by atoms with Crippen molar-refractivity contribution < 1.29 is 4.79 Å². The molecule has 0 atom stereocenters. The molecule has 0 heterocycles. The van der Waals surface area contributed by atoms with E-state index in [1.807, 2.05) is 31.2 Å². The SMILES string of the molecule is CCNC(=O)CCNCc1ccccc1Cl. The first-order valence-electron chi connectivity index (χ1n) is 5.45. The van der Waals surface area contributed by atoms with Gasteiger partial charge in [0.25, 0.3) is 0 Å². The Morgan fingerprint density at radius 3 is 2.81 bits per heavy atom. The highest BCUT2D eigenvalue weighted by Gasteiger charge is 2.00. The highest BCUT2D eigenvalue weighted by atomic mass is 35.5. The number of amides is 1. The van der Waals surface area contributed by atoms with E-state index in [-0.39, 0.29) is 5.91 Å². The normalized spacial score (nSPS) is 10.1. The summed E-state index contributed by atoms with van der Waals surface area (Å²) in [7, 11) is 0. The minimum Gasteiger partial charge on any atom is -0.356 e. The van der Waals surface area contributed by atoms with Gasteiger partial charge in [0.05, 0.1) is 0 Å². The first-order valence-corrected chi connectivity index (χ1v) is 5.82. The molecule has 1 aromatic carbocycles. The van der Waals surface area contributed by atoms with Crippen LogP contribution in [-0.4, -0.2) is 19.0 Å². The maximum Gasteiger partial charge on any atom is 0.221 e. The van der Waals surface area contributed by atoms with Crippen LogP contribution in [0.3, 0.4) is 0 Å². The van der Waals surface area contributed by atoms with E-state index in [9.17, 15) is 4.79 Å². The average molecular weight is 241 g/mol. The van der Waals surface area contributed by atoms with Crippen molar-refractivity contribution in [3.05, 3.63) is 34.9 Å². The van der Waals surface area contributed by atoms with Crippen LogP contribution in [0.25, 0.3) is 0 Å². The molecule has 0 fully saturated rings. The quantitative estimate of drug-likeness (QED) is 0.747. The van der Waals surface area contributed by atoms with Crippen molar-refractivity contribution >= 4 is 17.5 Å². The molecule has 4 heteroatoms. The number of hydrogen-bond donors (Lipinski definition) is 2. The van der Waals surface area contributed by atoms with E-state index in [2.05, 4.69) is 10.6 Å². The number of carbonyl (C=O) groups is 1. The lowest BCUT2D eigenvalue weighted by molar-refractivity contribution is -0.120. The van der Waals surface area contributed by atoms with E-state index >= 15 is 0 Å². The molecule has 0 radical (unpaired) electrons. The highest BCUT2D eigenvalue weighted by Crippen LogP contribution is 2.13. The van der Waals surface area contributed by atoms with Gasteiger partial charge in [-0.1, -0.05) is 29.8 Å². The summed E-state index contributed by atoms with van der Waals surface area (Å²) >= 11 is 6.00. The predicted molar refractivity (Wildman–Crippen MR) is 66.5 cm³/mol. The van der Waals surface area contributed by atoms with Crippen LogP contribution >= 0.6 is 11.6 Å². The summed E-state index contributed by atoms with van der Waals surface area (Å²) in [4.78, 5) is 11.1. The summed E-state index contributed by atoms with van der Waals surface area (Å²) < 4.78 is 0. The third-order valence-electron chi connectivity index (χ3n) is 2.18. The molecule has 88 valence electrons. The second-order valence-corrected chi connectivity index (χ2v) is 3.88. The molecule has 1 amide bonds. The molecule has 0 aromatic heterocycles. The van der Waals surface area contributed by atoms with E-state index in [1.165, 1.54) is 0 Å². The Morgan fingerprint density at radius 2 is 2.12 bits per heavy atom. The lowest BCUT2D eigenvalue weighted by Crippen LogP contribution is -2.27. The zero-order valence-corrected chi connectivity index (χ0v) is 10.2. The number of nitrogens with one attached hydrogen (secondary N) is 2. The Morgan fingerprint density at radius 1 is 1.38 bits per heavy atom. The van der Waals surface area contributed by atoms with Gasteiger partial charge in [-0.15, -0.1) is 0 Å². The van der Waals surface area contributed by atoms with Crippen LogP contribution in [0, 0.1) is 0 Å². The van der Waals surface area contributed by atoms with Gasteiger partial charge in [-0.05, 0) is 18.6 Å². The summed E-state index contributed by atoms with van der Waals surface area (Å²) in [6.45, 7) is 3.95. The van der Waals surface area contributed by atoms with Crippen molar-refractivity contribution in [3.63, 3.8) is 0 Å². The van der Waals surface area contributed by atoms with E-state index in [1.54, 1.807) is 0 Å². The number of rotatable bonds is 6. The van der Waals surface area contributed by atoms with E-state index in [4.69, 9.17) is 11.6 Å². The Kier molecular flexibility index (Phi) is 5.90. The van der Waals surface area contributed by atoms with Gasteiger partial charge in [-0.25, -0.2) is 0 Å². The average Bonchev–Trinajstić information content (AvgIpc) is 2.27. The maximum absolute atomic E-state index is 11.1. The Balaban J connectivity index is 2.21. The molecule has 16 heavy (non-hydrogen) atoms. The highest BCUT2D eigenvalue weighted by molar-refractivity contribution is 6.31. The fraction of sp³-hybridized carbons (Fsp3) is 0.417. The van der Waals surface area contributed by atoms with Crippen molar-refractivity contribution in [1.29, 1.82) is 0 Å².